The van der Waals surface area contributed by atoms with E-state index in [1.165, 1.54) is 13.0 Å². The number of carbonyl (C=O) groups excluding carboxylic acids is 2. The second-order valence-corrected chi connectivity index (χ2v) is 3.10. The number of rotatable bonds is 4. The number of ether oxygens (including phenoxy) is 1. The summed E-state index contributed by atoms with van der Waals surface area (Å²) in [5, 5.41) is 9.23. The number of aldehydes is 1. The maximum Gasteiger partial charge on any atom is 0.302 e. The van der Waals surface area contributed by atoms with Crippen molar-refractivity contribution >= 4 is 12.3 Å². The molecule has 0 aromatic heterocycles. The minimum absolute atomic E-state index is 0.0405. The third-order valence-electron chi connectivity index (χ3n) is 1.91. The first-order chi connectivity index (χ1) is 7.13. The second-order valence-electron chi connectivity index (χ2n) is 3.10. The number of phenolic OH excluding ortho intramolecular Hbond substituents is 1. The van der Waals surface area contributed by atoms with Gasteiger partial charge in [0.2, 0.25) is 0 Å². The first-order valence-corrected chi connectivity index (χ1v) is 4.54. The Morgan fingerprint density at radius 1 is 1.53 bits per heavy atom. The molecule has 0 bridgehead atoms. The van der Waals surface area contributed by atoms with Crippen molar-refractivity contribution in [3.8, 4) is 5.75 Å². The Hall–Kier alpha value is -1.84. The molecule has 0 aliphatic rings. The van der Waals surface area contributed by atoms with Crippen LogP contribution in [-0.4, -0.2) is 24.0 Å². The lowest BCUT2D eigenvalue weighted by Gasteiger charge is -2.04. The van der Waals surface area contributed by atoms with E-state index in [1.54, 1.807) is 12.1 Å². The summed E-state index contributed by atoms with van der Waals surface area (Å²) in [4.78, 5) is 21.0. The minimum Gasteiger partial charge on any atom is -0.507 e. The van der Waals surface area contributed by atoms with Crippen LogP contribution >= 0.6 is 0 Å². The molecule has 0 radical (unpaired) electrons. The highest BCUT2D eigenvalue weighted by atomic mass is 16.5. The molecule has 1 rings (SSSR count). The van der Waals surface area contributed by atoms with Crippen LogP contribution in [0.1, 0.15) is 22.8 Å². The lowest BCUT2D eigenvalue weighted by Crippen LogP contribution is -2.03. The van der Waals surface area contributed by atoms with E-state index in [2.05, 4.69) is 0 Å². The van der Waals surface area contributed by atoms with Gasteiger partial charge in [0.1, 0.15) is 5.75 Å². The zero-order valence-corrected chi connectivity index (χ0v) is 8.40. The molecule has 0 fully saturated rings. The van der Waals surface area contributed by atoms with Crippen LogP contribution in [0, 0.1) is 0 Å². The van der Waals surface area contributed by atoms with E-state index in [0.29, 0.717) is 12.7 Å². The van der Waals surface area contributed by atoms with Gasteiger partial charge in [-0.2, -0.15) is 0 Å². The van der Waals surface area contributed by atoms with Crippen molar-refractivity contribution in [1.29, 1.82) is 0 Å². The average Bonchev–Trinajstić information content (AvgIpc) is 2.20. The third-order valence-corrected chi connectivity index (χ3v) is 1.91. The Kier molecular flexibility index (Phi) is 3.85. The summed E-state index contributed by atoms with van der Waals surface area (Å²) >= 11 is 0. The Labute approximate surface area is 87.5 Å². The molecular weight excluding hydrogens is 196 g/mol. The van der Waals surface area contributed by atoms with Gasteiger partial charge in [0.15, 0.2) is 6.29 Å². The largest absolute Gasteiger partial charge is 0.507 e. The minimum atomic E-state index is -0.329. The topological polar surface area (TPSA) is 63.6 Å². The number of aromatic hydroxyl groups is 1. The number of benzene rings is 1. The van der Waals surface area contributed by atoms with E-state index < -0.39 is 0 Å². The van der Waals surface area contributed by atoms with Crippen LogP contribution in [0.25, 0.3) is 0 Å². The third kappa shape index (κ3) is 3.42. The van der Waals surface area contributed by atoms with Crippen molar-refractivity contribution < 1.29 is 19.4 Å². The predicted molar refractivity (Wildman–Crippen MR) is 53.8 cm³/mol. The highest BCUT2D eigenvalue weighted by Gasteiger charge is 2.02. The summed E-state index contributed by atoms with van der Waals surface area (Å²) in [5.41, 5.74) is 1.09. The van der Waals surface area contributed by atoms with Gasteiger partial charge in [-0.3, -0.25) is 9.59 Å². The van der Waals surface area contributed by atoms with Crippen molar-refractivity contribution in [2.24, 2.45) is 0 Å². The number of hydrogen-bond acceptors (Lipinski definition) is 4. The van der Waals surface area contributed by atoms with E-state index in [4.69, 9.17) is 4.74 Å². The quantitative estimate of drug-likeness (QED) is 0.598. The standard InChI is InChI=1S/C11H12O4/c1-8(13)15-5-4-9-2-3-11(14)10(6-9)7-12/h2-3,6-7,14H,4-5H2,1H3. The average molecular weight is 208 g/mol. The second kappa shape index (κ2) is 5.14. The van der Waals surface area contributed by atoms with E-state index in [0.717, 1.165) is 5.56 Å². The SMILES string of the molecule is CC(=O)OCCc1ccc(O)c(C=O)c1. The van der Waals surface area contributed by atoms with Crippen LogP contribution in [0.2, 0.25) is 0 Å². The molecule has 1 N–H and O–H groups in total. The molecule has 80 valence electrons. The molecule has 4 heteroatoms. The molecule has 0 aliphatic heterocycles. The smallest absolute Gasteiger partial charge is 0.302 e. The Bertz CT molecular complexity index is 371. The summed E-state index contributed by atoms with van der Waals surface area (Å²) in [7, 11) is 0. The molecule has 1 aromatic rings. The fraction of sp³-hybridized carbons (Fsp3) is 0.273. The van der Waals surface area contributed by atoms with Gasteiger partial charge in [-0.25, -0.2) is 0 Å². The molecule has 0 unspecified atom stereocenters. The molecule has 0 atom stereocenters. The summed E-state index contributed by atoms with van der Waals surface area (Å²) in [6.07, 6.45) is 1.12. The van der Waals surface area contributed by atoms with Gasteiger partial charge in [0.05, 0.1) is 12.2 Å². The Balaban J connectivity index is 2.62. The summed E-state index contributed by atoms with van der Waals surface area (Å²) in [6, 6.07) is 4.71. The van der Waals surface area contributed by atoms with Crippen molar-refractivity contribution in [2.45, 2.75) is 13.3 Å². The molecule has 0 amide bonds. The van der Waals surface area contributed by atoms with E-state index in [-0.39, 0.29) is 23.9 Å². The molecular formula is C11H12O4. The van der Waals surface area contributed by atoms with Crippen LogP contribution in [0.5, 0.6) is 5.75 Å². The van der Waals surface area contributed by atoms with Crippen molar-refractivity contribution in [1.82, 2.24) is 0 Å². The fourth-order valence-corrected chi connectivity index (χ4v) is 1.17. The van der Waals surface area contributed by atoms with Gasteiger partial charge in [0.25, 0.3) is 0 Å². The number of esters is 1. The monoisotopic (exact) mass is 208 g/mol. The van der Waals surface area contributed by atoms with Crippen molar-refractivity contribution in [3.05, 3.63) is 29.3 Å². The number of phenols is 1. The van der Waals surface area contributed by atoms with Crippen LogP contribution in [0.15, 0.2) is 18.2 Å². The van der Waals surface area contributed by atoms with Gasteiger partial charge in [-0.05, 0) is 17.7 Å². The lowest BCUT2D eigenvalue weighted by atomic mass is 10.1. The number of carbonyl (C=O) groups is 2. The molecule has 0 saturated heterocycles. The lowest BCUT2D eigenvalue weighted by molar-refractivity contribution is -0.140. The van der Waals surface area contributed by atoms with Crippen molar-refractivity contribution in [3.63, 3.8) is 0 Å². The molecule has 0 spiro atoms. The van der Waals surface area contributed by atoms with E-state index >= 15 is 0 Å². The Morgan fingerprint density at radius 3 is 2.87 bits per heavy atom. The normalized spacial score (nSPS) is 9.67. The maximum atomic E-state index is 10.5. The molecule has 15 heavy (non-hydrogen) atoms. The first-order valence-electron chi connectivity index (χ1n) is 4.54. The highest BCUT2D eigenvalue weighted by Crippen LogP contribution is 2.16. The van der Waals surface area contributed by atoms with Crippen LogP contribution in [0.3, 0.4) is 0 Å². The van der Waals surface area contributed by atoms with Crippen LogP contribution in [0.4, 0.5) is 0 Å². The number of hydrogen-bond donors (Lipinski definition) is 1. The van der Waals surface area contributed by atoms with Gasteiger partial charge in [0, 0.05) is 13.3 Å². The predicted octanol–water partition coefficient (Wildman–Crippen LogP) is 1.31. The van der Waals surface area contributed by atoms with E-state index in [1.807, 2.05) is 0 Å². The fourth-order valence-electron chi connectivity index (χ4n) is 1.17. The zero-order valence-electron chi connectivity index (χ0n) is 8.40. The van der Waals surface area contributed by atoms with Gasteiger partial charge in [-0.1, -0.05) is 6.07 Å². The van der Waals surface area contributed by atoms with E-state index in [9.17, 15) is 14.7 Å². The summed E-state index contributed by atoms with van der Waals surface area (Å²) < 4.78 is 4.76. The van der Waals surface area contributed by atoms with Gasteiger partial charge in [-0.15, -0.1) is 0 Å². The molecule has 0 saturated carbocycles. The maximum absolute atomic E-state index is 10.5. The summed E-state index contributed by atoms with van der Waals surface area (Å²) in [6.45, 7) is 1.62. The molecule has 4 nitrogen and oxygen atoms in total. The van der Waals surface area contributed by atoms with Crippen LogP contribution < -0.4 is 0 Å². The summed E-state index contributed by atoms with van der Waals surface area (Å²) in [5.74, 6) is -0.370. The zero-order chi connectivity index (χ0) is 11.3. The molecule has 0 aliphatic carbocycles. The van der Waals surface area contributed by atoms with Gasteiger partial charge < -0.3 is 9.84 Å². The molecule has 1 aromatic carbocycles. The van der Waals surface area contributed by atoms with Crippen LogP contribution in [-0.2, 0) is 16.0 Å². The first kappa shape index (κ1) is 11.2. The Morgan fingerprint density at radius 2 is 2.27 bits per heavy atom. The van der Waals surface area contributed by atoms with Crippen molar-refractivity contribution in [2.75, 3.05) is 6.61 Å². The highest BCUT2D eigenvalue weighted by molar-refractivity contribution is 5.79. The van der Waals surface area contributed by atoms with Gasteiger partial charge >= 0.3 is 5.97 Å². The molecule has 0 heterocycles.